The second-order valence-electron chi connectivity index (χ2n) is 7.02. The Kier molecular flexibility index (Phi) is 6.28. The first-order valence-corrected chi connectivity index (χ1v) is 9.85. The van der Waals surface area contributed by atoms with E-state index in [0.717, 1.165) is 31.2 Å². The van der Waals surface area contributed by atoms with Crippen molar-refractivity contribution in [2.75, 3.05) is 4.90 Å². The van der Waals surface area contributed by atoms with Gasteiger partial charge >= 0.3 is 0 Å². The van der Waals surface area contributed by atoms with Crippen molar-refractivity contribution in [3.05, 3.63) is 58.1 Å². The molecule has 1 aliphatic carbocycles. The fraction of sp³-hybridized carbons (Fsp3) is 0.333. The average Bonchev–Trinajstić information content (AvgIpc) is 2.93. The van der Waals surface area contributed by atoms with Crippen molar-refractivity contribution in [3.8, 4) is 5.75 Å². The number of anilines is 1. The van der Waals surface area contributed by atoms with Crippen LogP contribution in [0.15, 0.2) is 42.5 Å². The molecular formula is C21H21Cl2NO4. The predicted molar refractivity (Wildman–Crippen MR) is 109 cm³/mol. The molecule has 1 saturated heterocycles. The molecule has 2 aliphatic rings. The van der Waals surface area contributed by atoms with Gasteiger partial charge in [-0.25, -0.2) is 4.90 Å². The summed E-state index contributed by atoms with van der Waals surface area (Å²) in [5.74, 6) is -0.389. The van der Waals surface area contributed by atoms with E-state index in [-0.39, 0.29) is 34.1 Å². The van der Waals surface area contributed by atoms with Crippen molar-refractivity contribution in [1.29, 1.82) is 0 Å². The van der Waals surface area contributed by atoms with Gasteiger partial charge in [0.2, 0.25) is 11.8 Å². The molecule has 2 fully saturated rings. The van der Waals surface area contributed by atoms with Gasteiger partial charge in [0.1, 0.15) is 12.4 Å². The van der Waals surface area contributed by atoms with Crippen LogP contribution in [0.25, 0.3) is 0 Å². The monoisotopic (exact) mass is 421 g/mol. The van der Waals surface area contributed by atoms with Gasteiger partial charge < -0.3 is 10.2 Å². The molecule has 0 spiro atoms. The third kappa shape index (κ3) is 3.75. The predicted octanol–water partition coefficient (Wildman–Crippen LogP) is 4.43. The lowest BCUT2D eigenvalue weighted by atomic mass is 9.81. The molecule has 1 aliphatic heterocycles. The first-order valence-electron chi connectivity index (χ1n) is 9.10. The van der Waals surface area contributed by atoms with Gasteiger partial charge in [-0.2, -0.15) is 0 Å². The van der Waals surface area contributed by atoms with Crippen molar-refractivity contribution in [2.24, 2.45) is 11.8 Å². The van der Waals surface area contributed by atoms with Crippen LogP contribution in [0, 0.1) is 11.8 Å². The highest BCUT2D eigenvalue weighted by atomic mass is 35.5. The number of amides is 2. The third-order valence-corrected chi connectivity index (χ3v) is 5.92. The second-order valence-corrected chi connectivity index (χ2v) is 7.83. The smallest absolute Gasteiger partial charge is 0.237 e. The summed E-state index contributed by atoms with van der Waals surface area (Å²) in [4.78, 5) is 26.9. The summed E-state index contributed by atoms with van der Waals surface area (Å²) in [5, 5.41) is 0.614. The highest BCUT2D eigenvalue weighted by Crippen LogP contribution is 2.44. The quantitative estimate of drug-likeness (QED) is 0.684. The van der Waals surface area contributed by atoms with Crippen LogP contribution >= 0.6 is 23.2 Å². The standard InChI is InChI=1S/C21H19Cl2NO3.H2O/c22-16-10-17(23)19(27-12-13-6-2-1-3-7-13)11-18(16)24-20(25)14-8-4-5-9-15(14)21(24)26;/h1-3,6-7,10-11,14-15H,4-5,8-9,12H2;1H2/t14-,15+;. The topological polar surface area (TPSA) is 78.1 Å². The Morgan fingerprint density at radius 3 is 2.14 bits per heavy atom. The van der Waals surface area contributed by atoms with Crippen molar-refractivity contribution in [3.63, 3.8) is 0 Å². The molecule has 2 amide bonds. The number of benzene rings is 2. The average molecular weight is 422 g/mol. The van der Waals surface area contributed by atoms with E-state index in [1.54, 1.807) is 6.07 Å². The van der Waals surface area contributed by atoms with Crippen LogP contribution in [0.3, 0.4) is 0 Å². The Labute approximate surface area is 173 Å². The molecule has 148 valence electrons. The second kappa shape index (κ2) is 8.52. The SMILES string of the molecule is O.O=C1[C@H]2CCCC[C@H]2C(=O)N1c1cc(OCc2ccccc2)c(Cl)cc1Cl. The molecule has 2 aromatic rings. The summed E-state index contributed by atoms with van der Waals surface area (Å²) >= 11 is 12.6. The van der Waals surface area contributed by atoms with Crippen molar-refractivity contribution in [1.82, 2.24) is 0 Å². The number of carbonyl (C=O) groups is 2. The fourth-order valence-corrected chi connectivity index (χ4v) is 4.46. The van der Waals surface area contributed by atoms with Crippen LogP contribution in [0.1, 0.15) is 31.2 Å². The normalized spacial score (nSPS) is 21.3. The Morgan fingerprint density at radius 2 is 1.54 bits per heavy atom. The maximum absolute atomic E-state index is 12.9. The van der Waals surface area contributed by atoms with E-state index in [4.69, 9.17) is 27.9 Å². The largest absolute Gasteiger partial charge is 0.487 e. The molecule has 1 saturated carbocycles. The number of nitrogens with zero attached hydrogens (tertiary/aromatic N) is 1. The highest BCUT2D eigenvalue weighted by molar-refractivity contribution is 6.39. The lowest BCUT2D eigenvalue weighted by molar-refractivity contribution is -0.122. The zero-order chi connectivity index (χ0) is 19.0. The molecule has 1 heterocycles. The molecule has 4 rings (SSSR count). The molecule has 0 aromatic heterocycles. The summed E-state index contributed by atoms with van der Waals surface area (Å²) < 4.78 is 5.83. The fourth-order valence-electron chi connectivity index (χ4n) is 3.94. The van der Waals surface area contributed by atoms with Crippen molar-refractivity contribution in [2.45, 2.75) is 32.3 Å². The molecule has 7 heteroatoms. The molecule has 2 atom stereocenters. The van der Waals surface area contributed by atoms with Crippen LogP contribution in [-0.2, 0) is 16.2 Å². The summed E-state index contributed by atoms with van der Waals surface area (Å²) in [5.41, 5.74) is 1.35. The number of hydrogen-bond acceptors (Lipinski definition) is 3. The van der Waals surface area contributed by atoms with Gasteiger partial charge in [-0.3, -0.25) is 9.59 Å². The van der Waals surface area contributed by atoms with Gasteiger partial charge in [0.25, 0.3) is 0 Å². The zero-order valence-corrected chi connectivity index (χ0v) is 16.7. The van der Waals surface area contributed by atoms with E-state index in [0.29, 0.717) is 23.1 Å². The van der Waals surface area contributed by atoms with Gasteiger partial charge in [-0.15, -0.1) is 0 Å². The van der Waals surface area contributed by atoms with E-state index in [2.05, 4.69) is 0 Å². The van der Waals surface area contributed by atoms with Crippen LogP contribution < -0.4 is 9.64 Å². The summed E-state index contributed by atoms with van der Waals surface area (Å²) in [6.07, 6.45) is 3.48. The van der Waals surface area contributed by atoms with E-state index >= 15 is 0 Å². The van der Waals surface area contributed by atoms with E-state index in [1.165, 1.54) is 11.0 Å². The summed E-state index contributed by atoms with van der Waals surface area (Å²) in [6.45, 7) is 0.328. The molecule has 0 bridgehead atoms. The van der Waals surface area contributed by atoms with Crippen LogP contribution in [0.5, 0.6) is 5.75 Å². The maximum atomic E-state index is 12.9. The molecule has 2 N–H and O–H groups in total. The van der Waals surface area contributed by atoms with Gasteiger partial charge in [-0.1, -0.05) is 66.4 Å². The number of ether oxygens (including phenoxy) is 1. The number of imide groups is 1. The summed E-state index contributed by atoms with van der Waals surface area (Å²) in [7, 11) is 0. The van der Waals surface area contributed by atoms with Crippen LogP contribution in [0.4, 0.5) is 5.69 Å². The molecule has 5 nitrogen and oxygen atoms in total. The van der Waals surface area contributed by atoms with Gasteiger partial charge in [0, 0.05) is 6.07 Å². The Morgan fingerprint density at radius 1 is 0.929 bits per heavy atom. The first kappa shape index (κ1) is 20.6. The van der Waals surface area contributed by atoms with Crippen LogP contribution in [0.2, 0.25) is 10.0 Å². The zero-order valence-electron chi connectivity index (χ0n) is 15.2. The number of rotatable bonds is 4. The van der Waals surface area contributed by atoms with E-state index in [1.807, 2.05) is 30.3 Å². The van der Waals surface area contributed by atoms with Gasteiger partial charge in [0.05, 0.1) is 27.6 Å². The Hall–Kier alpha value is -2.08. The van der Waals surface area contributed by atoms with E-state index in [9.17, 15) is 9.59 Å². The van der Waals surface area contributed by atoms with Gasteiger partial charge in [-0.05, 0) is 24.5 Å². The lowest BCUT2D eigenvalue weighted by Gasteiger charge is -2.19. The molecule has 0 unspecified atom stereocenters. The Balaban J connectivity index is 0.00000225. The Bertz CT molecular complexity index is 863. The van der Waals surface area contributed by atoms with Crippen molar-refractivity contribution >= 4 is 40.7 Å². The third-order valence-electron chi connectivity index (χ3n) is 5.32. The molecular weight excluding hydrogens is 401 g/mol. The minimum atomic E-state index is -0.230. The van der Waals surface area contributed by atoms with Gasteiger partial charge in [0.15, 0.2) is 0 Å². The number of halogens is 2. The minimum Gasteiger partial charge on any atom is -0.487 e. The summed E-state index contributed by atoms with van der Waals surface area (Å²) in [6, 6.07) is 12.8. The maximum Gasteiger partial charge on any atom is 0.237 e. The first-order chi connectivity index (χ1) is 13.1. The van der Waals surface area contributed by atoms with E-state index < -0.39 is 0 Å². The number of hydrogen-bond donors (Lipinski definition) is 0. The number of fused-ring (bicyclic) bond motifs is 1. The number of carbonyl (C=O) groups excluding carboxylic acids is 2. The lowest BCUT2D eigenvalue weighted by Crippen LogP contribution is -2.31. The van der Waals surface area contributed by atoms with Crippen LogP contribution in [-0.4, -0.2) is 17.3 Å². The van der Waals surface area contributed by atoms with Crippen molar-refractivity contribution < 1.29 is 19.8 Å². The minimum absolute atomic E-state index is 0. The molecule has 2 aromatic carbocycles. The molecule has 0 radical (unpaired) electrons. The highest BCUT2D eigenvalue weighted by Gasteiger charge is 2.49. The molecule has 28 heavy (non-hydrogen) atoms.